The van der Waals surface area contributed by atoms with Gasteiger partial charge >= 0.3 is 6.03 Å². The van der Waals surface area contributed by atoms with Crippen LogP contribution in [0.4, 0.5) is 14.9 Å². The van der Waals surface area contributed by atoms with Crippen molar-refractivity contribution < 1.29 is 28.2 Å². The van der Waals surface area contributed by atoms with Gasteiger partial charge in [-0.25, -0.2) is 14.1 Å². The van der Waals surface area contributed by atoms with E-state index in [1.54, 1.807) is 48.5 Å². The molecule has 3 aromatic carbocycles. The number of aryl methyl sites for hydroxylation is 1. The van der Waals surface area contributed by atoms with Crippen molar-refractivity contribution in [1.29, 1.82) is 0 Å². The largest absolute Gasteiger partial charge is 0.493 e. The number of carbonyl (C=O) groups is 3. The molecule has 0 aliphatic carbocycles. The van der Waals surface area contributed by atoms with E-state index in [1.165, 1.54) is 25.3 Å². The fraction of sp³-hybridized carbons (Fsp3) is 0.115. The minimum Gasteiger partial charge on any atom is -0.493 e. The van der Waals surface area contributed by atoms with Gasteiger partial charge in [-0.3, -0.25) is 14.9 Å². The number of hydrogen-bond acceptors (Lipinski definition) is 5. The second kappa shape index (κ2) is 10.1. The number of anilines is 1. The minimum atomic E-state index is -0.819. The molecule has 1 heterocycles. The number of hydrogen-bond donors (Lipinski definition) is 1. The Hall–Kier alpha value is -3.98. The average Bonchev–Trinajstić information content (AvgIpc) is 2.83. The Morgan fingerprint density at radius 3 is 2.43 bits per heavy atom. The number of ether oxygens (including phenoxy) is 2. The monoisotopic (exact) mass is 538 g/mol. The second-order valence-electron chi connectivity index (χ2n) is 7.72. The first-order valence-electron chi connectivity index (χ1n) is 10.5. The number of benzene rings is 3. The molecule has 0 unspecified atom stereocenters. The van der Waals surface area contributed by atoms with Crippen LogP contribution in [0.3, 0.4) is 0 Å². The molecule has 0 spiro atoms. The van der Waals surface area contributed by atoms with Crippen LogP contribution in [0.25, 0.3) is 6.08 Å². The highest BCUT2D eigenvalue weighted by Crippen LogP contribution is 2.31. The Bertz CT molecular complexity index is 1350. The summed E-state index contributed by atoms with van der Waals surface area (Å²) in [6.45, 7) is 2.02. The first kappa shape index (κ1) is 24.2. The van der Waals surface area contributed by atoms with Crippen LogP contribution < -0.4 is 19.7 Å². The summed E-state index contributed by atoms with van der Waals surface area (Å²) in [6.07, 6.45) is 1.38. The van der Waals surface area contributed by atoms with Crippen LogP contribution in [-0.2, 0) is 16.2 Å². The molecule has 3 aromatic rings. The van der Waals surface area contributed by atoms with Crippen molar-refractivity contribution in [2.45, 2.75) is 13.5 Å². The van der Waals surface area contributed by atoms with Crippen molar-refractivity contribution in [3.63, 3.8) is 0 Å². The van der Waals surface area contributed by atoms with E-state index in [4.69, 9.17) is 9.47 Å². The van der Waals surface area contributed by atoms with Gasteiger partial charge in [-0.2, -0.15) is 0 Å². The first-order chi connectivity index (χ1) is 16.8. The zero-order chi connectivity index (χ0) is 25.1. The lowest BCUT2D eigenvalue weighted by atomic mass is 10.1. The van der Waals surface area contributed by atoms with Gasteiger partial charge in [0.05, 0.1) is 12.8 Å². The number of urea groups is 1. The summed E-state index contributed by atoms with van der Waals surface area (Å²) in [4.78, 5) is 39.0. The summed E-state index contributed by atoms with van der Waals surface area (Å²) in [5.41, 5.74) is 2.24. The summed E-state index contributed by atoms with van der Waals surface area (Å²) in [5.74, 6) is -1.06. The molecule has 0 atom stereocenters. The van der Waals surface area contributed by atoms with Crippen LogP contribution >= 0.6 is 15.9 Å². The molecule has 4 amide bonds. The maximum atomic E-state index is 13.1. The predicted molar refractivity (Wildman–Crippen MR) is 132 cm³/mol. The minimum absolute atomic E-state index is 0.196. The van der Waals surface area contributed by atoms with Gasteiger partial charge in [0.15, 0.2) is 11.5 Å². The number of rotatable bonds is 6. The van der Waals surface area contributed by atoms with E-state index in [9.17, 15) is 18.8 Å². The van der Waals surface area contributed by atoms with Gasteiger partial charge in [-0.05, 0) is 72.2 Å². The summed E-state index contributed by atoms with van der Waals surface area (Å²) in [6, 6.07) is 15.0. The predicted octanol–water partition coefficient (Wildman–Crippen LogP) is 5.15. The lowest BCUT2D eigenvalue weighted by Crippen LogP contribution is -2.54. The van der Waals surface area contributed by atoms with Crippen LogP contribution in [0.1, 0.15) is 16.7 Å². The molecule has 7 nitrogen and oxygen atoms in total. The summed E-state index contributed by atoms with van der Waals surface area (Å²) in [5, 5.41) is 2.21. The fourth-order valence-electron chi connectivity index (χ4n) is 3.46. The number of amides is 4. The number of carbonyl (C=O) groups excluding carboxylic acids is 3. The second-order valence-corrected chi connectivity index (χ2v) is 8.57. The Labute approximate surface area is 209 Å². The molecule has 9 heteroatoms. The standard InChI is InChI=1S/C26H20BrFN2O5/c1-15-11-19(8-9-21(15)27)30-25(32)20(24(31)29-26(30)33)12-17-5-10-22(23(13-17)34-2)35-14-16-3-6-18(28)7-4-16/h3-13H,14H2,1-2H3,(H,29,31,33)/b20-12+. The lowest BCUT2D eigenvalue weighted by Gasteiger charge is -2.26. The fourth-order valence-corrected chi connectivity index (χ4v) is 3.71. The molecule has 1 aliphatic rings. The van der Waals surface area contributed by atoms with Gasteiger partial charge in [-0.15, -0.1) is 0 Å². The molecule has 1 fully saturated rings. The van der Waals surface area contributed by atoms with Crippen molar-refractivity contribution >= 4 is 45.5 Å². The lowest BCUT2D eigenvalue weighted by molar-refractivity contribution is -0.122. The number of barbiturate groups is 1. The molecule has 1 N–H and O–H groups in total. The Morgan fingerprint density at radius 1 is 1.00 bits per heavy atom. The third-order valence-electron chi connectivity index (χ3n) is 5.31. The van der Waals surface area contributed by atoms with Gasteiger partial charge in [0, 0.05) is 4.47 Å². The van der Waals surface area contributed by atoms with Crippen molar-refractivity contribution in [2.24, 2.45) is 0 Å². The molecule has 0 bridgehead atoms. The maximum absolute atomic E-state index is 13.1. The van der Waals surface area contributed by atoms with E-state index in [2.05, 4.69) is 21.2 Å². The van der Waals surface area contributed by atoms with Gasteiger partial charge in [0.2, 0.25) is 0 Å². The number of halogens is 2. The molecule has 1 saturated heterocycles. The van der Waals surface area contributed by atoms with E-state index >= 15 is 0 Å². The smallest absolute Gasteiger partial charge is 0.335 e. The summed E-state index contributed by atoms with van der Waals surface area (Å²) < 4.78 is 25.1. The van der Waals surface area contributed by atoms with Crippen molar-refractivity contribution in [2.75, 3.05) is 12.0 Å². The molecule has 0 aromatic heterocycles. The normalized spacial score (nSPS) is 14.8. The molecular weight excluding hydrogens is 519 g/mol. The molecule has 4 rings (SSSR count). The highest BCUT2D eigenvalue weighted by Gasteiger charge is 2.37. The van der Waals surface area contributed by atoms with E-state index in [1.807, 2.05) is 6.92 Å². The third kappa shape index (κ3) is 5.25. The molecule has 0 saturated carbocycles. The van der Waals surface area contributed by atoms with Gasteiger partial charge in [-0.1, -0.05) is 34.1 Å². The van der Waals surface area contributed by atoms with Gasteiger partial charge in [0.25, 0.3) is 11.8 Å². The third-order valence-corrected chi connectivity index (χ3v) is 6.20. The van der Waals surface area contributed by atoms with E-state index < -0.39 is 17.8 Å². The Balaban J connectivity index is 1.59. The van der Waals surface area contributed by atoms with Gasteiger partial charge in [0.1, 0.15) is 18.0 Å². The number of nitrogens with zero attached hydrogens (tertiary/aromatic N) is 1. The highest BCUT2D eigenvalue weighted by molar-refractivity contribution is 9.10. The zero-order valence-electron chi connectivity index (χ0n) is 18.8. The quantitative estimate of drug-likeness (QED) is 0.346. The van der Waals surface area contributed by atoms with Crippen molar-refractivity contribution in [3.8, 4) is 11.5 Å². The number of methoxy groups -OCH3 is 1. The SMILES string of the molecule is COc1cc(/C=C2\C(=O)NC(=O)N(c3ccc(Br)c(C)c3)C2=O)ccc1OCc1ccc(F)cc1. The summed E-state index contributed by atoms with van der Waals surface area (Å²) >= 11 is 3.39. The van der Waals surface area contributed by atoms with Crippen LogP contribution in [-0.4, -0.2) is 25.0 Å². The molecule has 1 aliphatic heterocycles. The Kier molecular flexibility index (Phi) is 6.97. The van der Waals surface area contributed by atoms with Crippen molar-refractivity contribution in [3.05, 3.63) is 93.2 Å². The highest BCUT2D eigenvalue weighted by atomic mass is 79.9. The Morgan fingerprint density at radius 2 is 1.74 bits per heavy atom. The summed E-state index contributed by atoms with van der Waals surface area (Å²) in [7, 11) is 1.46. The van der Waals surface area contributed by atoms with Gasteiger partial charge < -0.3 is 9.47 Å². The topological polar surface area (TPSA) is 84.9 Å². The molecule has 178 valence electrons. The zero-order valence-corrected chi connectivity index (χ0v) is 20.4. The van der Waals surface area contributed by atoms with Crippen LogP contribution in [0, 0.1) is 12.7 Å². The van der Waals surface area contributed by atoms with Crippen LogP contribution in [0.2, 0.25) is 0 Å². The van der Waals surface area contributed by atoms with Crippen LogP contribution in [0.5, 0.6) is 11.5 Å². The maximum Gasteiger partial charge on any atom is 0.335 e. The average molecular weight is 539 g/mol. The first-order valence-corrected chi connectivity index (χ1v) is 11.3. The van der Waals surface area contributed by atoms with E-state index in [0.717, 1.165) is 20.5 Å². The number of imide groups is 2. The molecular formula is C26H20BrFN2O5. The van der Waals surface area contributed by atoms with E-state index in [-0.39, 0.29) is 18.0 Å². The number of nitrogens with one attached hydrogen (secondary N) is 1. The molecule has 0 radical (unpaired) electrons. The van der Waals surface area contributed by atoms with E-state index in [0.29, 0.717) is 22.7 Å². The van der Waals surface area contributed by atoms with Crippen molar-refractivity contribution in [1.82, 2.24) is 5.32 Å². The molecule has 35 heavy (non-hydrogen) atoms. The van der Waals surface area contributed by atoms with Crippen LogP contribution in [0.15, 0.2) is 70.7 Å².